The molecule has 0 aliphatic heterocycles. The zero-order valence-corrected chi connectivity index (χ0v) is 13.7. The summed E-state index contributed by atoms with van der Waals surface area (Å²) >= 11 is 0. The first kappa shape index (κ1) is 16.2. The van der Waals surface area contributed by atoms with Gasteiger partial charge in [0.25, 0.3) is 0 Å². The van der Waals surface area contributed by atoms with Crippen molar-refractivity contribution in [2.24, 2.45) is 17.8 Å². The van der Waals surface area contributed by atoms with E-state index in [1.807, 2.05) is 30.3 Å². The van der Waals surface area contributed by atoms with Gasteiger partial charge in [-0.2, -0.15) is 0 Å². The zero-order valence-electron chi connectivity index (χ0n) is 13.7. The minimum atomic E-state index is -0.684. The first-order valence-corrected chi connectivity index (χ1v) is 8.96. The maximum absolute atomic E-state index is 11.9. The van der Waals surface area contributed by atoms with E-state index in [4.69, 9.17) is 4.74 Å². The topological polar surface area (TPSA) is 43.4 Å². The molecule has 3 heteroatoms. The van der Waals surface area contributed by atoms with Crippen molar-refractivity contribution in [1.29, 1.82) is 0 Å². The number of ether oxygens (including phenoxy) is 1. The maximum atomic E-state index is 11.9. The van der Waals surface area contributed by atoms with Crippen LogP contribution in [0.15, 0.2) is 30.3 Å². The van der Waals surface area contributed by atoms with Crippen LogP contribution in [-0.2, 0) is 20.9 Å². The Hall–Kier alpha value is -1.64. The molecular formula is C20H26O3. The number of carbonyl (C=O) groups is 2. The molecule has 2 aliphatic carbocycles. The zero-order chi connectivity index (χ0) is 16.1. The molecule has 0 amide bonds. The van der Waals surface area contributed by atoms with Crippen molar-refractivity contribution in [2.75, 3.05) is 0 Å². The Labute approximate surface area is 138 Å². The lowest BCUT2D eigenvalue weighted by atomic mass is 9.62. The van der Waals surface area contributed by atoms with Gasteiger partial charge in [0.1, 0.15) is 6.61 Å². The summed E-state index contributed by atoms with van der Waals surface area (Å²) in [7, 11) is 0. The number of esters is 1. The molecule has 0 radical (unpaired) electrons. The molecule has 23 heavy (non-hydrogen) atoms. The fourth-order valence-electron chi connectivity index (χ4n) is 4.04. The van der Waals surface area contributed by atoms with Crippen molar-refractivity contribution in [1.82, 2.24) is 0 Å². The molecule has 0 saturated heterocycles. The lowest BCUT2D eigenvalue weighted by molar-refractivity contribution is -0.154. The van der Waals surface area contributed by atoms with Crippen molar-refractivity contribution < 1.29 is 14.3 Å². The highest BCUT2D eigenvalue weighted by Crippen LogP contribution is 2.47. The van der Waals surface area contributed by atoms with Gasteiger partial charge in [-0.1, -0.05) is 36.8 Å². The highest BCUT2D eigenvalue weighted by atomic mass is 16.5. The number of Topliss-reactive ketones (excluding diaryl/α,β-unsaturated/α-hetero) is 1. The normalized spacial score (nSPS) is 26.0. The molecule has 2 aliphatic rings. The predicted molar refractivity (Wildman–Crippen MR) is 88.7 cm³/mol. The van der Waals surface area contributed by atoms with Gasteiger partial charge in [-0.15, -0.1) is 0 Å². The minimum absolute atomic E-state index is 0.178. The summed E-state index contributed by atoms with van der Waals surface area (Å²) in [6.07, 6.45) is 9.11. The van der Waals surface area contributed by atoms with E-state index < -0.39 is 5.97 Å². The van der Waals surface area contributed by atoms with Crippen LogP contribution in [0.1, 0.15) is 56.9 Å². The molecule has 1 aromatic rings. The second-order valence-electron chi connectivity index (χ2n) is 7.15. The SMILES string of the molecule is O=C(CCCC1CCC2CCC2C1)C(=O)OCc1ccccc1. The highest BCUT2D eigenvalue weighted by Gasteiger charge is 2.36. The molecule has 2 fully saturated rings. The van der Waals surface area contributed by atoms with E-state index in [2.05, 4.69) is 0 Å². The second-order valence-corrected chi connectivity index (χ2v) is 7.15. The third kappa shape index (κ3) is 4.43. The number of hydrogen-bond acceptors (Lipinski definition) is 3. The first-order chi connectivity index (χ1) is 11.2. The predicted octanol–water partition coefficient (Wildman–Crippen LogP) is 4.30. The average Bonchev–Trinajstić information content (AvgIpc) is 2.55. The van der Waals surface area contributed by atoms with Gasteiger partial charge in [-0.3, -0.25) is 4.79 Å². The van der Waals surface area contributed by atoms with E-state index in [0.717, 1.165) is 36.2 Å². The summed E-state index contributed by atoms with van der Waals surface area (Å²) in [5.74, 6) is 1.67. The lowest BCUT2D eigenvalue weighted by Crippen LogP contribution is -2.32. The molecule has 124 valence electrons. The summed E-state index contributed by atoms with van der Waals surface area (Å²) in [6.45, 7) is 0.178. The summed E-state index contributed by atoms with van der Waals surface area (Å²) in [4.78, 5) is 23.6. The Morgan fingerprint density at radius 3 is 2.43 bits per heavy atom. The van der Waals surface area contributed by atoms with Crippen molar-refractivity contribution in [3.8, 4) is 0 Å². The molecule has 2 saturated carbocycles. The number of ketones is 1. The number of fused-ring (bicyclic) bond motifs is 1. The fraction of sp³-hybridized carbons (Fsp3) is 0.600. The Kier molecular flexibility index (Phi) is 5.47. The van der Waals surface area contributed by atoms with Crippen molar-refractivity contribution in [2.45, 2.75) is 58.0 Å². The Morgan fingerprint density at radius 2 is 1.74 bits per heavy atom. The van der Waals surface area contributed by atoms with Crippen LogP contribution >= 0.6 is 0 Å². The summed E-state index contributed by atoms with van der Waals surface area (Å²) < 4.78 is 5.08. The third-order valence-electron chi connectivity index (χ3n) is 5.61. The minimum Gasteiger partial charge on any atom is -0.455 e. The molecule has 3 atom stereocenters. The summed E-state index contributed by atoms with van der Waals surface area (Å²) in [5, 5.41) is 0. The monoisotopic (exact) mass is 314 g/mol. The van der Waals surface area contributed by atoms with Gasteiger partial charge in [0.2, 0.25) is 5.78 Å². The Bertz CT molecular complexity index is 537. The molecule has 3 nitrogen and oxygen atoms in total. The van der Waals surface area contributed by atoms with Crippen molar-refractivity contribution in [3.63, 3.8) is 0 Å². The second kappa shape index (κ2) is 7.76. The van der Waals surface area contributed by atoms with Crippen LogP contribution in [0.25, 0.3) is 0 Å². The van der Waals surface area contributed by atoms with Crippen LogP contribution in [0.4, 0.5) is 0 Å². The van der Waals surface area contributed by atoms with Gasteiger partial charge in [0.05, 0.1) is 0 Å². The third-order valence-corrected chi connectivity index (χ3v) is 5.61. The van der Waals surface area contributed by atoms with E-state index in [1.54, 1.807) is 0 Å². The van der Waals surface area contributed by atoms with Gasteiger partial charge in [0.15, 0.2) is 0 Å². The van der Waals surface area contributed by atoms with Crippen LogP contribution in [0.2, 0.25) is 0 Å². The standard InChI is InChI=1S/C20H26O3/c21-19(20(22)23-14-16-5-2-1-3-6-16)8-4-7-15-9-10-17-11-12-18(17)13-15/h1-3,5-6,15,17-18H,4,7-14H2. The van der Waals surface area contributed by atoms with E-state index in [1.165, 1.54) is 32.1 Å². The van der Waals surface area contributed by atoms with Crippen LogP contribution in [0.5, 0.6) is 0 Å². The molecular weight excluding hydrogens is 288 g/mol. The molecule has 0 N–H and O–H groups in total. The Morgan fingerprint density at radius 1 is 1.00 bits per heavy atom. The molecule has 0 bridgehead atoms. The molecule has 1 aromatic carbocycles. The van der Waals surface area contributed by atoms with E-state index >= 15 is 0 Å². The number of hydrogen-bond donors (Lipinski definition) is 0. The molecule has 0 spiro atoms. The van der Waals surface area contributed by atoms with Gasteiger partial charge >= 0.3 is 5.97 Å². The first-order valence-electron chi connectivity index (χ1n) is 8.96. The van der Waals surface area contributed by atoms with Crippen molar-refractivity contribution in [3.05, 3.63) is 35.9 Å². The van der Waals surface area contributed by atoms with Crippen LogP contribution < -0.4 is 0 Å². The molecule has 3 rings (SSSR count). The van der Waals surface area contributed by atoms with Crippen LogP contribution in [0, 0.1) is 17.8 Å². The van der Waals surface area contributed by atoms with Gasteiger partial charge < -0.3 is 4.74 Å². The van der Waals surface area contributed by atoms with Gasteiger partial charge in [0, 0.05) is 6.42 Å². The highest BCUT2D eigenvalue weighted by molar-refractivity contribution is 6.33. The molecule has 3 unspecified atom stereocenters. The maximum Gasteiger partial charge on any atom is 0.374 e. The average molecular weight is 314 g/mol. The van der Waals surface area contributed by atoms with Gasteiger partial charge in [-0.25, -0.2) is 4.79 Å². The number of rotatable bonds is 7. The Balaban J connectivity index is 1.31. The molecule has 0 aromatic heterocycles. The molecule has 0 heterocycles. The van der Waals surface area contributed by atoms with E-state index in [9.17, 15) is 9.59 Å². The summed E-state index contributed by atoms with van der Waals surface area (Å²) in [5.41, 5.74) is 0.908. The van der Waals surface area contributed by atoms with E-state index in [-0.39, 0.29) is 12.4 Å². The van der Waals surface area contributed by atoms with Crippen LogP contribution in [0.3, 0.4) is 0 Å². The summed E-state index contributed by atoms with van der Waals surface area (Å²) in [6, 6.07) is 9.46. The van der Waals surface area contributed by atoms with Crippen LogP contribution in [-0.4, -0.2) is 11.8 Å². The van der Waals surface area contributed by atoms with Gasteiger partial charge in [-0.05, 0) is 61.8 Å². The van der Waals surface area contributed by atoms with Crippen molar-refractivity contribution >= 4 is 11.8 Å². The number of carbonyl (C=O) groups excluding carboxylic acids is 2. The largest absolute Gasteiger partial charge is 0.455 e. The fourth-order valence-corrected chi connectivity index (χ4v) is 4.04. The lowest BCUT2D eigenvalue weighted by Gasteiger charge is -2.44. The quantitative estimate of drug-likeness (QED) is 0.557. The smallest absolute Gasteiger partial charge is 0.374 e. The van der Waals surface area contributed by atoms with E-state index in [0.29, 0.717) is 6.42 Å². The number of benzene rings is 1.